The summed E-state index contributed by atoms with van der Waals surface area (Å²) in [7, 11) is 0. The molecule has 1 unspecified atom stereocenters. The second kappa shape index (κ2) is 5.19. The number of nitrogens with zero attached hydrogens (tertiary/aromatic N) is 4. The van der Waals surface area contributed by atoms with E-state index in [1.807, 2.05) is 19.1 Å². The van der Waals surface area contributed by atoms with Gasteiger partial charge in [0.15, 0.2) is 11.5 Å². The van der Waals surface area contributed by atoms with E-state index in [1.54, 1.807) is 0 Å². The molecule has 102 valence electrons. The monoisotopic (exact) mass is 258 g/mol. The van der Waals surface area contributed by atoms with Crippen molar-refractivity contribution in [3.63, 3.8) is 0 Å². The molecule has 4 nitrogen and oxygen atoms in total. The third-order valence-electron chi connectivity index (χ3n) is 3.43. The Morgan fingerprint density at radius 2 is 1.89 bits per heavy atom. The first-order valence-electron chi connectivity index (χ1n) is 6.90. The normalized spacial score (nSPS) is 22.4. The fourth-order valence-corrected chi connectivity index (χ4v) is 1.90. The quantitative estimate of drug-likeness (QED) is 0.808. The second-order valence-corrected chi connectivity index (χ2v) is 6.00. The van der Waals surface area contributed by atoms with Crippen molar-refractivity contribution < 1.29 is 0 Å². The fourth-order valence-electron chi connectivity index (χ4n) is 1.90. The van der Waals surface area contributed by atoms with Crippen molar-refractivity contribution in [2.45, 2.75) is 46.7 Å². The van der Waals surface area contributed by atoms with Crippen LogP contribution in [-0.2, 0) is 6.42 Å². The van der Waals surface area contributed by atoms with Gasteiger partial charge in [-0.25, -0.2) is 9.98 Å². The minimum absolute atomic E-state index is 0.326. The molecule has 0 saturated carbocycles. The van der Waals surface area contributed by atoms with Gasteiger partial charge in [-0.2, -0.15) is 5.11 Å². The molecule has 1 aromatic rings. The van der Waals surface area contributed by atoms with Gasteiger partial charge in [-0.15, -0.1) is 5.11 Å². The standard InChI is InChI=1S/C15H22N4/c1-10(2)9-12-7-6-8-13(16-12)14-17-15(5,11(3)4)19-18-14/h6-8,10-11H,9H2,1-5H3. The van der Waals surface area contributed by atoms with E-state index in [9.17, 15) is 0 Å². The van der Waals surface area contributed by atoms with E-state index in [0.29, 0.717) is 17.7 Å². The molecule has 0 radical (unpaired) electrons. The highest BCUT2D eigenvalue weighted by Crippen LogP contribution is 2.29. The highest BCUT2D eigenvalue weighted by Gasteiger charge is 2.32. The van der Waals surface area contributed by atoms with Crippen LogP contribution in [0.3, 0.4) is 0 Å². The molecule has 0 aromatic carbocycles. The number of pyridine rings is 1. The summed E-state index contributed by atoms with van der Waals surface area (Å²) in [6, 6.07) is 6.02. The van der Waals surface area contributed by atoms with E-state index >= 15 is 0 Å². The van der Waals surface area contributed by atoms with Gasteiger partial charge in [0.05, 0.1) is 0 Å². The van der Waals surface area contributed by atoms with Crippen molar-refractivity contribution in [1.82, 2.24) is 4.98 Å². The third-order valence-corrected chi connectivity index (χ3v) is 3.43. The van der Waals surface area contributed by atoms with Gasteiger partial charge in [-0.05, 0) is 31.4 Å². The Hall–Kier alpha value is -1.58. The van der Waals surface area contributed by atoms with Crippen LogP contribution in [0.25, 0.3) is 0 Å². The number of azo groups is 1. The molecule has 4 heteroatoms. The van der Waals surface area contributed by atoms with Gasteiger partial charge in [0.2, 0.25) is 0 Å². The van der Waals surface area contributed by atoms with Crippen LogP contribution in [0.4, 0.5) is 0 Å². The lowest BCUT2D eigenvalue weighted by Gasteiger charge is -2.19. The molecule has 0 bridgehead atoms. The molecule has 0 aliphatic carbocycles. The Balaban J connectivity index is 2.27. The number of aliphatic imine (C=N–C) groups is 1. The topological polar surface area (TPSA) is 50.0 Å². The molecular formula is C15H22N4. The van der Waals surface area contributed by atoms with Crippen LogP contribution in [0.15, 0.2) is 33.4 Å². The summed E-state index contributed by atoms with van der Waals surface area (Å²) in [5.41, 5.74) is 1.47. The average molecular weight is 258 g/mol. The Kier molecular flexibility index (Phi) is 3.78. The lowest BCUT2D eigenvalue weighted by Crippen LogP contribution is -2.24. The molecule has 1 atom stereocenters. The maximum Gasteiger partial charge on any atom is 0.197 e. The van der Waals surface area contributed by atoms with Gasteiger partial charge in [0.1, 0.15) is 5.69 Å². The van der Waals surface area contributed by atoms with Crippen molar-refractivity contribution >= 4 is 5.84 Å². The highest BCUT2D eigenvalue weighted by atomic mass is 15.3. The molecule has 0 fully saturated rings. The largest absolute Gasteiger partial charge is 0.249 e. The van der Waals surface area contributed by atoms with Gasteiger partial charge in [-0.1, -0.05) is 33.8 Å². The van der Waals surface area contributed by atoms with E-state index in [1.165, 1.54) is 0 Å². The van der Waals surface area contributed by atoms with E-state index in [0.717, 1.165) is 17.8 Å². The van der Waals surface area contributed by atoms with Crippen LogP contribution < -0.4 is 0 Å². The second-order valence-electron chi connectivity index (χ2n) is 6.00. The molecule has 0 amide bonds. The first-order chi connectivity index (χ1) is 8.90. The zero-order chi connectivity index (χ0) is 14.0. The van der Waals surface area contributed by atoms with Crippen molar-refractivity contribution in [3.8, 4) is 0 Å². The van der Waals surface area contributed by atoms with Crippen molar-refractivity contribution in [1.29, 1.82) is 0 Å². The van der Waals surface area contributed by atoms with Crippen LogP contribution in [0.2, 0.25) is 0 Å². The maximum atomic E-state index is 4.64. The van der Waals surface area contributed by atoms with Crippen LogP contribution in [0, 0.1) is 11.8 Å². The lowest BCUT2D eigenvalue weighted by atomic mass is 10.0. The third kappa shape index (κ3) is 3.06. The molecule has 2 rings (SSSR count). The van der Waals surface area contributed by atoms with E-state index < -0.39 is 5.66 Å². The summed E-state index contributed by atoms with van der Waals surface area (Å²) in [5, 5.41) is 8.51. The van der Waals surface area contributed by atoms with Crippen LogP contribution >= 0.6 is 0 Å². The molecule has 0 spiro atoms. The first kappa shape index (κ1) is 13.8. The summed E-state index contributed by atoms with van der Waals surface area (Å²) in [6.45, 7) is 10.6. The first-order valence-corrected chi connectivity index (χ1v) is 6.90. The van der Waals surface area contributed by atoms with Crippen molar-refractivity contribution in [3.05, 3.63) is 29.6 Å². The fraction of sp³-hybridized carbons (Fsp3) is 0.600. The number of hydrogen-bond acceptors (Lipinski definition) is 4. The number of rotatable bonds is 4. The van der Waals surface area contributed by atoms with Crippen molar-refractivity contribution in [2.75, 3.05) is 0 Å². The Bertz CT molecular complexity index is 517. The molecule has 0 saturated heterocycles. The van der Waals surface area contributed by atoms with E-state index in [2.05, 4.69) is 54.0 Å². The van der Waals surface area contributed by atoms with E-state index in [4.69, 9.17) is 0 Å². The van der Waals surface area contributed by atoms with Crippen LogP contribution in [0.1, 0.15) is 46.0 Å². The molecular weight excluding hydrogens is 236 g/mol. The molecule has 1 aliphatic rings. The predicted molar refractivity (Wildman–Crippen MR) is 77.4 cm³/mol. The molecule has 2 heterocycles. The minimum atomic E-state index is -0.439. The van der Waals surface area contributed by atoms with Crippen molar-refractivity contribution in [2.24, 2.45) is 27.1 Å². The summed E-state index contributed by atoms with van der Waals surface area (Å²) in [5.74, 6) is 1.57. The van der Waals surface area contributed by atoms with Crippen LogP contribution in [0.5, 0.6) is 0 Å². The highest BCUT2D eigenvalue weighted by molar-refractivity contribution is 5.98. The van der Waals surface area contributed by atoms with Gasteiger partial charge < -0.3 is 0 Å². The summed E-state index contributed by atoms with van der Waals surface area (Å²) < 4.78 is 0. The maximum absolute atomic E-state index is 4.64. The number of hydrogen-bond donors (Lipinski definition) is 0. The minimum Gasteiger partial charge on any atom is -0.249 e. The van der Waals surface area contributed by atoms with Gasteiger partial charge in [0, 0.05) is 11.6 Å². The molecule has 1 aromatic heterocycles. The Morgan fingerprint density at radius 3 is 2.47 bits per heavy atom. The average Bonchev–Trinajstić information content (AvgIpc) is 2.73. The molecule has 19 heavy (non-hydrogen) atoms. The van der Waals surface area contributed by atoms with Crippen LogP contribution in [-0.4, -0.2) is 16.5 Å². The Labute approximate surface area is 115 Å². The van der Waals surface area contributed by atoms with Gasteiger partial charge in [-0.3, -0.25) is 0 Å². The lowest BCUT2D eigenvalue weighted by molar-refractivity contribution is 0.357. The molecule has 1 aliphatic heterocycles. The summed E-state index contributed by atoms with van der Waals surface area (Å²) >= 11 is 0. The predicted octanol–water partition coefficient (Wildman–Crippen LogP) is 3.86. The summed E-state index contributed by atoms with van der Waals surface area (Å²) in [4.78, 5) is 9.27. The number of aromatic nitrogens is 1. The summed E-state index contributed by atoms with van der Waals surface area (Å²) in [6.07, 6.45) is 0.972. The van der Waals surface area contributed by atoms with Gasteiger partial charge >= 0.3 is 0 Å². The SMILES string of the molecule is CC(C)Cc1cccc(C2=NC(C)(C(C)C)N=N2)n1. The smallest absolute Gasteiger partial charge is 0.197 e. The number of amidine groups is 1. The van der Waals surface area contributed by atoms with E-state index in [-0.39, 0.29) is 0 Å². The zero-order valence-electron chi connectivity index (χ0n) is 12.4. The Morgan fingerprint density at radius 1 is 1.16 bits per heavy atom. The zero-order valence-corrected chi connectivity index (χ0v) is 12.4. The van der Waals surface area contributed by atoms with Gasteiger partial charge in [0.25, 0.3) is 0 Å². The molecule has 0 N–H and O–H groups in total.